The number of aryl methyl sites for hydroxylation is 2. The lowest BCUT2D eigenvalue weighted by Gasteiger charge is -2.03. The second-order valence-corrected chi connectivity index (χ2v) is 8.79. The van der Waals surface area contributed by atoms with Crippen LogP contribution < -0.4 is 4.57 Å². The molecule has 0 bridgehead atoms. The van der Waals surface area contributed by atoms with Crippen molar-refractivity contribution in [1.29, 1.82) is 0 Å². The maximum Gasteiger partial charge on any atom is 0.245 e. The summed E-state index contributed by atoms with van der Waals surface area (Å²) in [5.41, 5.74) is 9.20. The summed E-state index contributed by atoms with van der Waals surface area (Å²) in [6, 6.07) is 29.7. The molecule has 4 nitrogen and oxygen atoms in total. The highest BCUT2D eigenvalue weighted by atomic mass is 15.1. The highest BCUT2D eigenvalue weighted by molar-refractivity contribution is 5.79. The van der Waals surface area contributed by atoms with E-state index in [4.69, 9.17) is 9.97 Å². The van der Waals surface area contributed by atoms with Crippen LogP contribution >= 0.6 is 0 Å². The summed E-state index contributed by atoms with van der Waals surface area (Å²) in [7, 11) is 0. The lowest BCUT2D eigenvalue weighted by atomic mass is 10.1. The van der Waals surface area contributed by atoms with Crippen molar-refractivity contribution in [3.63, 3.8) is 0 Å². The molecule has 4 heteroatoms. The van der Waals surface area contributed by atoms with Crippen LogP contribution in [-0.2, 0) is 13.1 Å². The normalized spacial score (nSPS) is 11.6. The van der Waals surface area contributed by atoms with Gasteiger partial charge in [0.2, 0.25) is 6.33 Å². The number of benzene rings is 3. The van der Waals surface area contributed by atoms with Gasteiger partial charge in [-0.2, -0.15) is 0 Å². The monoisotopic (exact) mass is 429 g/mol. The molecule has 3 aromatic carbocycles. The molecule has 3 heterocycles. The first-order valence-electron chi connectivity index (χ1n) is 11.3. The molecule has 3 aromatic heterocycles. The second-order valence-electron chi connectivity index (χ2n) is 8.79. The fourth-order valence-electron chi connectivity index (χ4n) is 4.53. The molecule has 0 atom stereocenters. The summed E-state index contributed by atoms with van der Waals surface area (Å²) in [6.07, 6.45) is 2.21. The van der Waals surface area contributed by atoms with E-state index in [0.717, 1.165) is 35.5 Å². The van der Waals surface area contributed by atoms with Crippen LogP contribution in [0.3, 0.4) is 0 Å². The average molecular weight is 430 g/mol. The van der Waals surface area contributed by atoms with Crippen LogP contribution in [0.4, 0.5) is 0 Å². The fourth-order valence-corrected chi connectivity index (χ4v) is 4.53. The van der Waals surface area contributed by atoms with Gasteiger partial charge in [0.05, 0.1) is 22.4 Å². The Balaban J connectivity index is 1.43. The van der Waals surface area contributed by atoms with Crippen LogP contribution in [0, 0.1) is 13.8 Å². The first kappa shape index (κ1) is 19.6. The third kappa shape index (κ3) is 3.64. The Bertz CT molecular complexity index is 1520. The molecule has 6 aromatic rings. The minimum Gasteiger partial charge on any atom is -0.249 e. The molecule has 0 N–H and O–H groups in total. The van der Waals surface area contributed by atoms with Gasteiger partial charge in [-0.1, -0.05) is 48.5 Å². The van der Waals surface area contributed by atoms with Crippen LogP contribution in [0.15, 0.2) is 91.3 Å². The first-order chi connectivity index (χ1) is 16.1. The molecule has 0 spiro atoms. The summed E-state index contributed by atoms with van der Waals surface area (Å²) in [5, 5.41) is 2.34. The van der Waals surface area contributed by atoms with E-state index in [1.54, 1.807) is 0 Å². The van der Waals surface area contributed by atoms with Crippen molar-refractivity contribution in [2.75, 3.05) is 0 Å². The van der Waals surface area contributed by atoms with Crippen LogP contribution in [0.2, 0.25) is 0 Å². The Labute approximate surface area is 192 Å². The summed E-state index contributed by atoms with van der Waals surface area (Å²) in [4.78, 5) is 9.80. The van der Waals surface area contributed by atoms with E-state index in [-0.39, 0.29) is 0 Å². The van der Waals surface area contributed by atoms with E-state index in [0.29, 0.717) is 0 Å². The van der Waals surface area contributed by atoms with Crippen molar-refractivity contribution >= 4 is 32.8 Å². The molecule has 33 heavy (non-hydrogen) atoms. The fraction of sp³-hybridized carbons (Fsp3) is 0.138. The zero-order valence-electron chi connectivity index (χ0n) is 18.9. The minimum absolute atomic E-state index is 0.724. The quantitative estimate of drug-likeness (QED) is 0.335. The smallest absolute Gasteiger partial charge is 0.245 e. The van der Waals surface area contributed by atoms with Crippen molar-refractivity contribution < 1.29 is 4.57 Å². The topological polar surface area (TPSA) is 34.6 Å². The van der Waals surface area contributed by atoms with Gasteiger partial charge in [0, 0.05) is 10.8 Å². The van der Waals surface area contributed by atoms with Gasteiger partial charge >= 0.3 is 0 Å². The number of imidazole rings is 1. The van der Waals surface area contributed by atoms with E-state index >= 15 is 0 Å². The third-order valence-corrected chi connectivity index (χ3v) is 6.47. The van der Waals surface area contributed by atoms with Gasteiger partial charge < -0.3 is 0 Å². The van der Waals surface area contributed by atoms with Crippen LogP contribution in [0.1, 0.15) is 22.5 Å². The van der Waals surface area contributed by atoms with Gasteiger partial charge in [-0.3, -0.25) is 0 Å². The Kier molecular flexibility index (Phi) is 4.65. The summed E-state index contributed by atoms with van der Waals surface area (Å²) < 4.78 is 4.61. The van der Waals surface area contributed by atoms with Gasteiger partial charge in [0.15, 0.2) is 11.0 Å². The van der Waals surface area contributed by atoms with Crippen LogP contribution in [0.5, 0.6) is 0 Å². The molecule has 0 saturated carbocycles. The molecule has 0 aliphatic heterocycles. The van der Waals surface area contributed by atoms with E-state index in [1.807, 2.05) is 12.1 Å². The van der Waals surface area contributed by atoms with Crippen molar-refractivity contribution in [3.05, 3.63) is 114 Å². The molecule has 0 unspecified atom stereocenters. The lowest BCUT2D eigenvalue weighted by molar-refractivity contribution is -0.663. The Morgan fingerprint density at radius 2 is 1.30 bits per heavy atom. The highest BCUT2D eigenvalue weighted by Crippen LogP contribution is 2.20. The number of rotatable bonds is 4. The van der Waals surface area contributed by atoms with Crippen LogP contribution in [0.25, 0.3) is 32.8 Å². The maximum absolute atomic E-state index is 4.90. The Morgan fingerprint density at radius 1 is 0.697 bits per heavy atom. The molecule has 0 amide bonds. The average Bonchev–Trinajstić information content (AvgIpc) is 3.14. The van der Waals surface area contributed by atoms with Gasteiger partial charge in [-0.15, -0.1) is 0 Å². The standard InChI is InChI=1S/C29H25N4/c1-20-15-28-29(16-21(20)2)33(18-25-14-12-23-8-4-6-10-27(23)31-25)19-32(28)17-24-13-11-22-7-3-5-9-26(22)30-24/h3-16,19H,17-18H2,1-2H3/q+1. The molecule has 0 aliphatic rings. The molecule has 160 valence electrons. The van der Waals surface area contributed by atoms with E-state index in [9.17, 15) is 0 Å². The van der Waals surface area contributed by atoms with Crippen molar-refractivity contribution in [2.45, 2.75) is 26.9 Å². The Hall–Kier alpha value is -4.05. The lowest BCUT2D eigenvalue weighted by Crippen LogP contribution is -2.33. The number of hydrogen-bond donors (Lipinski definition) is 0. The van der Waals surface area contributed by atoms with Gasteiger partial charge in [0.1, 0.15) is 13.1 Å². The number of pyridine rings is 2. The largest absolute Gasteiger partial charge is 0.249 e. The summed E-state index contributed by atoms with van der Waals surface area (Å²) in [6.45, 7) is 5.80. The number of aromatic nitrogens is 4. The van der Waals surface area contributed by atoms with E-state index in [1.165, 1.54) is 32.9 Å². The molecule has 0 fully saturated rings. The first-order valence-corrected chi connectivity index (χ1v) is 11.3. The van der Waals surface area contributed by atoms with Crippen molar-refractivity contribution in [3.8, 4) is 0 Å². The number of para-hydroxylation sites is 2. The van der Waals surface area contributed by atoms with Crippen molar-refractivity contribution in [2.24, 2.45) is 0 Å². The SMILES string of the molecule is Cc1cc2c(cc1C)[n+](Cc1ccc3ccccc3n1)cn2Cc1ccc2ccccc2n1. The second kappa shape index (κ2) is 7.82. The predicted molar refractivity (Wildman–Crippen MR) is 133 cm³/mol. The van der Waals surface area contributed by atoms with E-state index in [2.05, 4.69) is 102 Å². The number of fused-ring (bicyclic) bond motifs is 3. The number of hydrogen-bond acceptors (Lipinski definition) is 2. The molecule has 0 radical (unpaired) electrons. The molecular formula is C29H25N4+. The van der Waals surface area contributed by atoms with Crippen LogP contribution in [-0.4, -0.2) is 14.5 Å². The minimum atomic E-state index is 0.724. The molecule has 6 rings (SSSR count). The maximum atomic E-state index is 4.90. The zero-order valence-corrected chi connectivity index (χ0v) is 18.9. The summed E-state index contributed by atoms with van der Waals surface area (Å²) in [5.74, 6) is 0. The van der Waals surface area contributed by atoms with E-state index < -0.39 is 0 Å². The molecular weight excluding hydrogens is 404 g/mol. The third-order valence-electron chi connectivity index (χ3n) is 6.47. The van der Waals surface area contributed by atoms with Gasteiger partial charge in [0.25, 0.3) is 0 Å². The van der Waals surface area contributed by atoms with Crippen molar-refractivity contribution in [1.82, 2.24) is 14.5 Å². The molecule has 0 saturated heterocycles. The number of nitrogens with zero attached hydrogens (tertiary/aromatic N) is 4. The Morgan fingerprint density at radius 3 is 2.03 bits per heavy atom. The van der Waals surface area contributed by atoms with Gasteiger partial charge in [-0.25, -0.2) is 19.1 Å². The summed E-state index contributed by atoms with van der Waals surface area (Å²) >= 11 is 0. The van der Waals surface area contributed by atoms with Gasteiger partial charge in [-0.05, 0) is 61.4 Å². The molecule has 0 aliphatic carbocycles. The zero-order chi connectivity index (χ0) is 22.4. The predicted octanol–water partition coefficient (Wildman–Crippen LogP) is 5.74. The highest BCUT2D eigenvalue weighted by Gasteiger charge is 2.19.